The Bertz CT molecular complexity index is 723. The number of anilines is 1. The van der Waals surface area contributed by atoms with Gasteiger partial charge < -0.3 is 10.6 Å². The van der Waals surface area contributed by atoms with Crippen molar-refractivity contribution in [3.05, 3.63) is 59.7 Å². The summed E-state index contributed by atoms with van der Waals surface area (Å²) in [6.45, 7) is 5.96. The van der Waals surface area contributed by atoms with E-state index in [1.54, 1.807) is 4.90 Å². The third kappa shape index (κ3) is 2.89. The van der Waals surface area contributed by atoms with Gasteiger partial charge in [0, 0.05) is 24.7 Å². The number of carbonyl (C=O) groups is 1. The van der Waals surface area contributed by atoms with Crippen LogP contribution in [0.2, 0.25) is 0 Å². The molecule has 1 aromatic rings. The second-order valence-corrected chi connectivity index (χ2v) is 6.50. The molecule has 3 rings (SSSR count). The molecule has 0 atom stereocenters. The van der Waals surface area contributed by atoms with Crippen LogP contribution < -0.4 is 10.6 Å². The largest absolute Gasteiger partial charge is 0.321 e. The minimum Gasteiger partial charge on any atom is -0.321 e. The van der Waals surface area contributed by atoms with Crippen LogP contribution in [0.15, 0.2) is 48.6 Å². The molecule has 3 nitrogen and oxygen atoms in total. The summed E-state index contributed by atoms with van der Waals surface area (Å²) < 4.78 is 0. The number of allylic oxidation sites excluding steroid dienone is 3. The molecule has 3 heteroatoms. The average Bonchev–Trinajstić information content (AvgIpc) is 3.30. The topological polar surface area (TPSA) is 46.3 Å². The fourth-order valence-electron chi connectivity index (χ4n) is 3.17. The maximum atomic E-state index is 11.8. The van der Waals surface area contributed by atoms with E-state index in [9.17, 15) is 4.79 Å². The molecular formula is C20H24N2O. The van der Waals surface area contributed by atoms with Crippen molar-refractivity contribution in [2.24, 2.45) is 5.73 Å². The Morgan fingerprint density at radius 2 is 2.09 bits per heavy atom. The van der Waals surface area contributed by atoms with Gasteiger partial charge in [-0.2, -0.15) is 0 Å². The number of carbonyl (C=O) groups excluding carboxylic acids is 1. The van der Waals surface area contributed by atoms with Crippen LogP contribution in [0.3, 0.4) is 0 Å². The number of aryl methyl sites for hydroxylation is 1. The number of nitrogens with zero attached hydrogens (tertiary/aromatic N) is 1. The smallest absolute Gasteiger partial charge is 0.227 e. The van der Waals surface area contributed by atoms with Gasteiger partial charge in [-0.15, -0.1) is 0 Å². The van der Waals surface area contributed by atoms with Gasteiger partial charge in [0.15, 0.2) is 0 Å². The van der Waals surface area contributed by atoms with Crippen LogP contribution in [0, 0.1) is 0 Å². The first-order valence-electron chi connectivity index (χ1n) is 8.18. The Labute approximate surface area is 138 Å². The Balaban J connectivity index is 1.96. The molecule has 2 N–H and O–H groups in total. The fourth-order valence-corrected chi connectivity index (χ4v) is 3.17. The number of hydrogen-bond donors (Lipinski definition) is 1. The van der Waals surface area contributed by atoms with Gasteiger partial charge in [-0.25, -0.2) is 0 Å². The van der Waals surface area contributed by atoms with Crippen molar-refractivity contribution < 1.29 is 4.79 Å². The lowest BCUT2D eigenvalue weighted by Crippen LogP contribution is -2.31. The first-order valence-corrected chi connectivity index (χ1v) is 8.18. The third-order valence-electron chi connectivity index (χ3n) is 4.96. The zero-order valence-electron chi connectivity index (χ0n) is 13.9. The zero-order valence-corrected chi connectivity index (χ0v) is 13.9. The second-order valence-electron chi connectivity index (χ2n) is 6.50. The quantitative estimate of drug-likeness (QED) is 0.864. The van der Waals surface area contributed by atoms with Crippen molar-refractivity contribution in [1.82, 2.24) is 0 Å². The molecule has 1 aromatic carbocycles. The Morgan fingerprint density at radius 1 is 1.35 bits per heavy atom. The van der Waals surface area contributed by atoms with Gasteiger partial charge in [-0.05, 0) is 66.7 Å². The van der Waals surface area contributed by atoms with Gasteiger partial charge in [-0.3, -0.25) is 4.79 Å². The van der Waals surface area contributed by atoms with E-state index in [0.717, 1.165) is 41.7 Å². The summed E-state index contributed by atoms with van der Waals surface area (Å²) in [7, 11) is 1.84. The van der Waals surface area contributed by atoms with E-state index >= 15 is 0 Å². The molecular weight excluding hydrogens is 284 g/mol. The lowest BCUT2D eigenvalue weighted by molar-refractivity contribution is -0.118. The second kappa shape index (κ2) is 5.82. The number of rotatable bonds is 4. The molecule has 0 unspecified atom stereocenters. The monoisotopic (exact) mass is 308 g/mol. The van der Waals surface area contributed by atoms with E-state index in [2.05, 4.69) is 30.9 Å². The molecule has 23 heavy (non-hydrogen) atoms. The van der Waals surface area contributed by atoms with Crippen molar-refractivity contribution >= 4 is 17.2 Å². The van der Waals surface area contributed by atoms with Crippen LogP contribution in [-0.4, -0.2) is 18.5 Å². The average molecular weight is 308 g/mol. The predicted molar refractivity (Wildman–Crippen MR) is 96.3 cm³/mol. The molecule has 1 aliphatic carbocycles. The minimum absolute atomic E-state index is 0.184. The zero-order chi connectivity index (χ0) is 16.6. The maximum absolute atomic E-state index is 11.8. The summed E-state index contributed by atoms with van der Waals surface area (Å²) in [4.78, 5) is 13.6. The van der Waals surface area contributed by atoms with E-state index < -0.39 is 0 Å². The van der Waals surface area contributed by atoms with Crippen LogP contribution in [0.1, 0.15) is 37.3 Å². The normalized spacial score (nSPS) is 20.3. The lowest BCUT2D eigenvalue weighted by atomic mass is 9.93. The number of fused-ring (bicyclic) bond motifs is 1. The fraction of sp³-hybridized carbons (Fsp3) is 0.350. The van der Waals surface area contributed by atoms with Crippen LogP contribution >= 0.6 is 0 Å². The number of benzene rings is 1. The Kier molecular flexibility index (Phi) is 3.99. The van der Waals surface area contributed by atoms with Crippen LogP contribution in [-0.2, 0) is 11.2 Å². The molecule has 1 heterocycles. The number of hydrogen-bond acceptors (Lipinski definition) is 2. The molecule has 1 saturated carbocycles. The van der Waals surface area contributed by atoms with Gasteiger partial charge >= 0.3 is 0 Å². The van der Waals surface area contributed by atoms with E-state index in [1.165, 1.54) is 5.56 Å². The summed E-state index contributed by atoms with van der Waals surface area (Å²) in [6.07, 6.45) is 9.58. The number of amides is 1. The molecule has 120 valence electrons. The maximum Gasteiger partial charge on any atom is 0.227 e. The van der Waals surface area contributed by atoms with Crippen molar-refractivity contribution in [3.63, 3.8) is 0 Å². The van der Waals surface area contributed by atoms with Crippen molar-refractivity contribution in [2.75, 3.05) is 11.9 Å². The lowest BCUT2D eigenvalue weighted by Gasteiger charge is -2.26. The Morgan fingerprint density at radius 3 is 2.70 bits per heavy atom. The third-order valence-corrected chi connectivity index (χ3v) is 4.96. The highest BCUT2D eigenvalue weighted by Crippen LogP contribution is 2.41. The number of nitrogens with two attached hydrogens (primary N) is 1. The van der Waals surface area contributed by atoms with E-state index in [0.29, 0.717) is 6.42 Å². The molecule has 0 spiro atoms. The van der Waals surface area contributed by atoms with Gasteiger partial charge in [0.05, 0.1) is 0 Å². The van der Waals surface area contributed by atoms with Crippen LogP contribution in [0.5, 0.6) is 0 Å². The highest BCUT2D eigenvalue weighted by molar-refractivity contribution is 5.96. The molecule has 0 saturated heterocycles. The molecule has 0 aromatic heterocycles. The molecule has 0 bridgehead atoms. The summed E-state index contributed by atoms with van der Waals surface area (Å²) in [5, 5.41) is 0. The summed E-state index contributed by atoms with van der Waals surface area (Å²) in [5.74, 6) is 0.184. The molecule has 1 aliphatic heterocycles. The van der Waals surface area contributed by atoms with Crippen molar-refractivity contribution in [3.8, 4) is 0 Å². The first-order chi connectivity index (χ1) is 11.0. The Hall–Kier alpha value is -2.13. The molecule has 2 aliphatic rings. The van der Waals surface area contributed by atoms with Crippen molar-refractivity contribution in [1.29, 1.82) is 0 Å². The van der Waals surface area contributed by atoms with E-state index in [-0.39, 0.29) is 11.4 Å². The first kappa shape index (κ1) is 15.8. The van der Waals surface area contributed by atoms with E-state index in [4.69, 9.17) is 5.73 Å². The molecule has 1 fully saturated rings. The predicted octanol–water partition coefficient (Wildman–Crippen LogP) is 3.60. The van der Waals surface area contributed by atoms with Gasteiger partial charge in [0.25, 0.3) is 0 Å². The summed E-state index contributed by atoms with van der Waals surface area (Å²) in [5.41, 5.74) is 11.8. The van der Waals surface area contributed by atoms with Gasteiger partial charge in [-0.1, -0.05) is 24.8 Å². The van der Waals surface area contributed by atoms with Crippen LogP contribution in [0.25, 0.3) is 5.57 Å². The van der Waals surface area contributed by atoms with E-state index in [1.807, 2.05) is 26.1 Å². The highest BCUT2D eigenvalue weighted by Gasteiger charge is 2.40. The SMILES string of the molecule is C=C/C(=C\C(=C/C)c1ccc2c(c1)CCC(=O)N2C)C1(N)CC1. The molecule has 0 radical (unpaired) electrons. The summed E-state index contributed by atoms with van der Waals surface area (Å²) >= 11 is 0. The molecule has 1 amide bonds. The van der Waals surface area contributed by atoms with Crippen molar-refractivity contribution in [2.45, 2.75) is 38.1 Å². The standard InChI is InChI=1S/C20H24N2O/c1-4-14(13-17(5-2)20(21)10-11-20)15-6-8-18-16(12-15)7-9-19(23)22(18)3/h4-6,8,12-13H,2,7,9-11,21H2,1,3H3/b14-4+,17-13+. The minimum atomic E-state index is -0.184. The highest BCUT2D eigenvalue weighted by atomic mass is 16.2. The van der Waals surface area contributed by atoms with Crippen LogP contribution in [0.4, 0.5) is 5.69 Å². The van der Waals surface area contributed by atoms with Gasteiger partial charge in [0.1, 0.15) is 0 Å². The van der Waals surface area contributed by atoms with Gasteiger partial charge in [0.2, 0.25) is 5.91 Å². The summed E-state index contributed by atoms with van der Waals surface area (Å²) in [6, 6.07) is 6.32.